The number of benzene rings is 1. The fourth-order valence-electron chi connectivity index (χ4n) is 2.74. The second-order valence-corrected chi connectivity index (χ2v) is 5.27. The third-order valence-electron chi connectivity index (χ3n) is 3.82. The monoisotopic (exact) mass is 309 g/mol. The van der Waals surface area contributed by atoms with Gasteiger partial charge in [-0.25, -0.2) is 0 Å². The van der Waals surface area contributed by atoms with E-state index in [0.29, 0.717) is 17.4 Å². The number of piperidine rings is 1. The molecule has 1 unspecified atom stereocenters. The molecule has 6 heteroatoms. The average molecular weight is 309 g/mol. The van der Waals surface area contributed by atoms with E-state index >= 15 is 0 Å². The Hall–Kier alpha value is -2.91. The van der Waals surface area contributed by atoms with Crippen molar-refractivity contribution in [1.82, 2.24) is 9.88 Å². The van der Waals surface area contributed by atoms with Crippen LogP contribution < -0.4 is 16.6 Å². The van der Waals surface area contributed by atoms with Crippen molar-refractivity contribution in [2.75, 3.05) is 6.54 Å². The first-order valence-corrected chi connectivity index (χ1v) is 7.28. The number of nitrogens with one attached hydrogen (secondary N) is 1. The number of carbonyl (C=O) groups is 2. The highest BCUT2D eigenvalue weighted by molar-refractivity contribution is 5.99. The van der Waals surface area contributed by atoms with E-state index in [1.165, 1.54) is 4.57 Å². The average Bonchev–Trinajstić information content (AvgIpc) is 2.55. The molecule has 0 spiro atoms. The molecule has 1 aliphatic heterocycles. The Morgan fingerprint density at radius 1 is 1.22 bits per heavy atom. The highest BCUT2D eigenvalue weighted by Gasteiger charge is 2.29. The predicted octanol–water partition coefficient (Wildman–Crippen LogP) is 0.289. The van der Waals surface area contributed by atoms with E-state index in [0.717, 1.165) is 5.39 Å². The van der Waals surface area contributed by atoms with Gasteiger partial charge in [-0.1, -0.05) is 30.0 Å². The van der Waals surface area contributed by atoms with Gasteiger partial charge in [0.15, 0.2) is 0 Å². The van der Waals surface area contributed by atoms with Gasteiger partial charge in [-0.3, -0.25) is 19.7 Å². The van der Waals surface area contributed by atoms with Gasteiger partial charge >= 0.3 is 0 Å². The van der Waals surface area contributed by atoms with E-state index in [9.17, 15) is 14.4 Å². The molecule has 2 amide bonds. The van der Waals surface area contributed by atoms with Crippen molar-refractivity contribution in [3.63, 3.8) is 0 Å². The van der Waals surface area contributed by atoms with Gasteiger partial charge in [-0.05, 0) is 12.5 Å². The second-order valence-electron chi connectivity index (χ2n) is 5.27. The van der Waals surface area contributed by atoms with Crippen LogP contribution in [0.15, 0.2) is 35.3 Å². The molecule has 3 rings (SSSR count). The number of nitrogens with zero attached hydrogens (tertiary/aromatic N) is 1. The molecule has 1 aliphatic rings. The zero-order valence-electron chi connectivity index (χ0n) is 12.3. The van der Waals surface area contributed by atoms with E-state index in [-0.39, 0.29) is 24.4 Å². The van der Waals surface area contributed by atoms with Crippen molar-refractivity contribution in [2.45, 2.75) is 18.9 Å². The fourth-order valence-corrected chi connectivity index (χ4v) is 2.74. The van der Waals surface area contributed by atoms with Crippen molar-refractivity contribution in [3.8, 4) is 11.8 Å². The van der Waals surface area contributed by atoms with Crippen LogP contribution in [-0.2, 0) is 9.59 Å². The van der Waals surface area contributed by atoms with E-state index in [1.54, 1.807) is 18.3 Å². The lowest BCUT2D eigenvalue weighted by Crippen LogP contribution is -2.44. The lowest BCUT2D eigenvalue weighted by molar-refractivity contribution is -0.135. The summed E-state index contributed by atoms with van der Waals surface area (Å²) in [5, 5.41) is 3.48. The SMILES string of the molecule is NCC#Cc1cn(C2CCC(=O)NC2=O)c(=O)c2ccccc12. The number of amides is 2. The Bertz CT molecular complexity index is 918. The summed E-state index contributed by atoms with van der Waals surface area (Å²) in [6.45, 7) is 0.200. The molecular formula is C17H15N3O3. The van der Waals surface area contributed by atoms with Gasteiger partial charge in [0, 0.05) is 29.0 Å². The van der Waals surface area contributed by atoms with Gasteiger partial charge in [-0.15, -0.1) is 0 Å². The van der Waals surface area contributed by atoms with Gasteiger partial charge in [0.1, 0.15) is 6.04 Å². The van der Waals surface area contributed by atoms with Gasteiger partial charge in [0.05, 0.1) is 6.54 Å². The number of rotatable bonds is 1. The van der Waals surface area contributed by atoms with Crippen molar-refractivity contribution in [1.29, 1.82) is 0 Å². The van der Waals surface area contributed by atoms with Crippen LogP contribution in [0.25, 0.3) is 10.8 Å². The summed E-state index contributed by atoms with van der Waals surface area (Å²) in [7, 11) is 0. The number of pyridine rings is 1. The minimum Gasteiger partial charge on any atom is -0.320 e. The van der Waals surface area contributed by atoms with Crippen LogP contribution in [0.3, 0.4) is 0 Å². The van der Waals surface area contributed by atoms with E-state index in [4.69, 9.17) is 5.73 Å². The number of hydrogen-bond donors (Lipinski definition) is 2. The number of imide groups is 1. The van der Waals surface area contributed by atoms with Crippen LogP contribution >= 0.6 is 0 Å². The summed E-state index contributed by atoms with van der Waals surface area (Å²) >= 11 is 0. The molecule has 3 N–H and O–H groups in total. The van der Waals surface area contributed by atoms with Crippen LogP contribution in [0.1, 0.15) is 24.4 Å². The molecule has 2 heterocycles. The summed E-state index contributed by atoms with van der Waals surface area (Å²) in [4.78, 5) is 36.1. The summed E-state index contributed by atoms with van der Waals surface area (Å²) < 4.78 is 1.37. The normalized spacial score (nSPS) is 17.5. The molecule has 1 aromatic heterocycles. The summed E-state index contributed by atoms with van der Waals surface area (Å²) in [5.74, 6) is 4.94. The van der Waals surface area contributed by atoms with E-state index < -0.39 is 11.9 Å². The first-order valence-electron chi connectivity index (χ1n) is 7.28. The van der Waals surface area contributed by atoms with Crippen molar-refractivity contribution in [3.05, 3.63) is 46.4 Å². The highest BCUT2D eigenvalue weighted by atomic mass is 16.2. The maximum Gasteiger partial charge on any atom is 0.259 e. The molecule has 0 aliphatic carbocycles. The Labute approximate surface area is 132 Å². The molecular weight excluding hydrogens is 294 g/mol. The molecule has 2 aromatic rings. The minimum absolute atomic E-state index is 0.200. The molecule has 0 bridgehead atoms. The van der Waals surface area contributed by atoms with Crippen LogP contribution in [0, 0.1) is 11.8 Å². The number of aromatic nitrogens is 1. The first-order chi connectivity index (χ1) is 11.1. The molecule has 0 radical (unpaired) electrons. The predicted molar refractivity (Wildman–Crippen MR) is 85.6 cm³/mol. The van der Waals surface area contributed by atoms with Gasteiger partial charge < -0.3 is 10.3 Å². The maximum atomic E-state index is 12.7. The van der Waals surface area contributed by atoms with Crippen molar-refractivity contribution in [2.24, 2.45) is 5.73 Å². The van der Waals surface area contributed by atoms with Crippen LogP contribution in [0.4, 0.5) is 0 Å². The summed E-state index contributed by atoms with van der Waals surface area (Å²) in [6.07, 6.45) is 2.08. The molecule has 1 aromatic carbocycles. The molecule has 116 valence electrons. The van der Waals surface area contributed by atoms with Crippen LogP contribution in [0.5, 0.6) is 0 Å². The van der Waals surface area contributed by atoms with Crippen molar-refractivity contribution < 1.29 is 9.59 Å². The lowest BCUT2D eigenvalue weighted by Gasteiger charge is -2.23. The van der Waals surface area contributed by atoms with Gasteiger partial charge in [0.2, 0.25) is 11.8 Å². The summed E-state index contributed by atoms with van der Waals surface area (Å²) in [6, 6.07) is 6.40. The number of carbonyl (C=O) groups excluding carboxylic acids is 2. The zero-order valence-corrected chi connectivity index (χ0v) is 12.3. The molecule has 23 heavy (non-hydrogen) atoms. The number of nitrogens with two attached hydrogens (primary N) is 1. The topological polar surface area (TPSA) is 94.2 Å². The van der Waals surface area contributed by atoms with Crippen molar-refractivity contribution >= 4 is 22.6 Å². The zero-order chi connectivity index (χ0) is 16.4. The quantitative estimate of drug-likeness (QED) is 0.585. The summed E-state index contributed by atoms with van der Waals surface area (Å²) in [5.41, 5.74) is 5.79. The molecule has 6 nitrogen and oxygen atoms in total. The Morgan fingerprint density at radius 2 is 1.96 bits per heavy atom. The van der Waals surface area contributed by atoms with E-state index in [1.807, 2.05) is 12.1 Å². The fraction of sp³-hybridized carbons (Fsp3) is 0.235. The Morgan fingerprint density at radius 3 is 2.65 bits per heavy atom. The Balaban J connectivity index is 2.21. The molecule has 1 fully saturated rings. The molecule has 1 saturated heterocycles. The highest BCUT2D eigenvalue weighted by Crippen LogP contribution is 2.21. The van der Waals surface area contributed by atoms with Gasteiger partial charge in [0.25, 0.3) is 5.56 Å². The molecule has 1 atom stereocenters. The Kier molecular flexibility index (Phi) is 3.96. The minimum atomic E-state index is -0.705. The van der Waals surface area contributed by atoms with E-state index in [2.05, 4.69) is 17.2 Å². The first kappa shape index (κ1) is 15.0. The van der Waals surface area contributed by atoms with Crippen LogP contribution in [0.2, 0.25) is 0 Å². The smallest absolute Gasteiger partial charge is 0.259 e. The number of fused-ring (bicyclic) bond motifs is 1. The maximum absolute atomic E-state index is 12.7. The van der Waals surface area contributed by atoms with Gasteiger partial charge in [-0.2, -0.15) is 0 Å². The largest absolute Gasteiger partial charge is 0.320 e. The third kappa shape index (κ3) is 2.74. The van der Waals surface area contributed by atoms with Crippen LogP contribution in [-0.4, -0.2) is 22.9 Å². The lowest BCUT2D eigenvalue weighted by atomic mass is 10.0. The standard InChI is InChI=1S/C17H15N3O3/c18-9-3-4-11-10-20(14-7-8-15(21)19-16(14)22)17(23)13-6-2-1-5-12(11)13/h1-2,5-6,10,14H,7-9,18H2,(H,19,21,22). The third-order valence-corrected chi connectivity index (χ3v) is 3.82. The molecule has 0 saturated carbocycles. The second kappa shape index (κ2) is 6.07. The number of hydrogen-bond acceptors (Lipinski definition) is 4.